The van der Waals surface area contributed by atoms with Crippen molar-refractivity contribution in [2.45, 2.75) is 44.2 Å². The molecular formula is C19H26N2O. The molecule has 3 heteroatoms. The molecule has 0 aromatic heterocycles. The van der Waals surface area contributed by atoms with Crippen molar-refractivity contribution < 1.29 is 4.79 Å². The Morgan fingerprint density at radius 2 is 2.00 bits per heavy atom. The quantitative estimate of drug-likeness (QED) is 0.833. The first-order valence-corrected chi connectivity index (χ1v) is 8.48. The smallest absolute Gasteiger partial charge is 0.240 e. The molecule has 1 atom stereocenters. The third-order valence-electron chi connectivity index (χ3n) is 4.74. The lowest BCUT2D eigenvalue weighted by Gasteiger charge is -2.35. The van der Waals surface area contributed by atoms with E-state index in [1.165, 1.54) is 31.2 Å². The number of piperidine rings is 1. The van der Waals surface area contributed by atoms with Crippen molar-refractivity contribution in [3.8, 4) is 0 Å². The van der Waals surface area contributed by atoms with Crippen LogP contribution < -0.4 is 0 Å². The lowest BCUT2D eigenvalue weighted by molar-refractivity contribution is -0.137. The van der Waals surface area contributed by atoms with Crippen LogP contribution in [-0.4, -0.2) is 47.9 Å². The van der Waals surface area contributed by atoms with Crippen molar-refractivity contribution in [3.05, 3.63) is 42.0 Å². The molecule has 2 fully saturated rings. The zero-order valence-corrected chi connectivity index (χ0v) is 13.4. The minimum atomic E-state index is 0.0967. The highest BCUT2D eigenvalue weighted by molar-refractivity contribution is 5.82. The van der Waals surface area contributed by atoms with Crippen LogP contribution in [0.4, 0.5) is 0 Å². The van der Waals surface area contributed by atoms with Gasteiger partial charge in [0.15, 0.2) is 0 Å². The van der Waals surface area contributed by atoms with Gasteiger partial charge in [-0.25, -0.2) is 0 Å². The Hall–Kier alpha value is -1.61. The van der Waals surface area contributed by atoms with Gasteiger partial charge in [0.1, 0.15) is 0 Å². The Labute approximate surface area is 133 Å². The molecule has 1 aliphatic heterocycles. The first kappa shape index (κ1) is 15.3. The molecule has 2 aliphatic rings. The first-order valence-electron chi connectivity index (χ1n) is 8.48. The van der Waals surface area contributed by atoms with Gasteiger partial charge in [-0.2, -0.15) is 0 Å². The van der Waals surface area contributed by atoms with Crippen LogP contribution in [0.1, 0.15) is 37.7 Å². The maximum atomic E-state index is 12.9. The molecule has 1 aliphatic carbocycles. The van der Waals surface area contributed by atoms with Crippen molar-refractivity contribution in [2.75, 3.05) is 20.1 Å². The summed E-state index contributed by atoms with van der Waals surface area (Å²) in [4.78, 5) is 17.2. The van der Waals surface area contributed by atoms with Crippen LogP contribution in [0.25, 0.3) is 6.08 Å². The van der Waals surface area contributed by atoms with Crippen molar-refractivity contribution in [2.24, 2.45) is 0 Å². The Bertz CT molecular complexity index is 521. The summed E-state index contributed by atoms with van der Waals surface area (Å²) < 4.78 is 0. The fourth-order valence-corrected chi connectivity index (χ4v) is 3.25. The summed E-state index contributed by atoms with van der Waals surface area (Å²) in [6.45, 7) is 1.79. The SMILES string of the molecule is CN1CCCC[C@H]1C(=O)N(C/C=C/c1ccccc1)C1CC1. The Morgan fingerprint density at radius 1 is 1.23 bits per heavy atom. The van der Waals surface area contributed by atoms with E-state index in [4.69, 9.17) is 0 Å². The molecule has 3 rings (SSSR count). The molecular weight excluding hydrogens is 272 g/mol. The molecule has 1 aromatic carbocycles. The first-order chi connectivity index (χ1) is 10.8. The molecule has 22 heavy (non-hydrogen) atoms. The van der Waals surface area contributed by atoms with Gasteiger partial charge in [-0.1, -0.05) is 48.9 Å². The molecule has 1 aromatic rings. The van der Waals surface area contributed by atoms with E-state index in [2.05, 4.69) is 41.1 Å². The van der Waals surface area contributed by atoms with Gasteiger partial charge in [0, 0.05) is 12.6 Å². The van der Waals surface area contributed by atoms with E-state index in [1.54, 1.807) is 0 Å². The van der Waals surface area contributed by atoms with Gasteiger partial charge in [0.2, 0.25) is 5.91 Å². The molecule has 118 valence electrons. The standard InChI is InChI=1S/C19H26N2O/c1-20-14-6-5-11-18(20)19(22)21(17-12-13-17)15-7-10-16-8-3-2-4-9-16/h2-4,7-10,17-18H,5-6,11-15H2,1H3/b10-7+/t18-/m0/s1. The maximum absolute atomic E-state index is 12.9. The lowest BCUT2D eigenvalue weighted by atomic mass is 10.0. The third-order valence-corrected chi connectivity index (χ3v) is 4.74. The van der Waals surface area contributed by atoms with Gasteiger partial charge in [0.25, 0.3) is 0 Å². The van der Waals surface area contributed by atoms with Gasteiger partial charge < -0.3 is 4.90 Å². The molecule has 1 saturated heterocycles. The topological polar surface area (TPSA) is 23.6 Å². The zero-order valence-electron chi connectivity index (χ0n) is 13.4. The number of rotatable bonds is 5. The monoisotopic (exact) mass is 298 g/mol. The molecule has 3 nitrogen and oxygen atoms in total. The number of hydrogen-bond donors (Lipinski definition) is 0. The number of benzene rings is 1. The van der Waals surface area contributed by atoms with E-state index in [9.17, 15) is 4.79 Å². The normalized spacial score (nSPS) is 22.9. The largest absolute Gasteiger partial charge is 0.335 e. The number of carbonyl (C=O) groups is 1. The van der Waals surface area contributed by atoms with Crippen LogP contribution in [0.15, 0.2) is 36.4 Å². The molecule has 1 saturated carbocycles. The van der Waals surface area contributed by atoms with Crippen LogP contribution in [0.5, 0.6) is 0 Å². The second-order valence-corrected chi connectivity index (χ2v) is 6.53. The van der Waals surface area contributed by atoms with Crippen LogP contribution in [0, 0.1) is 0 Å². The van der Waals surface area contributed by atoms with E-state index >= 15 is 0 Å². The highest BCUT2D eigenvalue weighted by Gasteiger charge is 2.37. The Balaban J connectivity index is 1.62. The fourth-order valence-electron chi connectivity index (χ4n) is 3.25. The van der Waals surface area contributed by atoms with Crippen LogP contribution in [0.3, 0.4) is 0 Å². The summed E-state index contributed by atoms with van der Waals surface area (Å²) in [5.74, 6) is 0.336. The highest BCUT2D eigenvalue weighted by Crippen LogP contribution is 2.29. The molecule has 0 unspecified atom stereocenters. The summed E-state index contributed by atoms with van der Waals surface area (Å²) in [5.41, 5.74) is 1.19. The number of amides is 1. The average Bonchev–Trinajstić information content (AvgIpc) is 3.37. The van der Waals surface area contributed by atoms with Gasteiger partial charge in [-0.05, 0) is 44.8 Å². The van der Waals surface area contributed by atoms with Gasteiger partial charge in [0.05, 0.1) is 6.04 Å². The van der Waals surface area contributed by atoms with Crippen LogP contribution in [0.2, 0.25) is 0 Å². The van der Waals surface area contributed by atoms with Crippen molar-refractivity contribution in [1.82, 2.24) is 9.80 Å². The zero-order chi connectivity index (χ0) is 15.4. The van der Waals surface area contributed by atoms with Gasteiger partial charge >= 0.3 is 0 Å². The number of likely N-dealkylation sites (N-methyl/N-ethyl adjacent to an activating group) is 1. The summed E-state index contributed by atoms with van der Waals surface area (Å²) in [7, 11) is 2.09. The van der Waals surface area contributed by atoms with Gasteiger partial charge in [-0.3, -0.25) is 9.69 Å². The van der Waals surface area contributed by atoms with Crippen molar-refractivity contribution in [3.63, 3.8) is 0 Å². The summed E-state index contributed by atoms with van der Waals surface area (Å²) >= 11 is 0. The number of carbonyl (C=O) groups excluding carboxylic acids is 1. The van der Waals surface area contributed by atoms with E-state index in [1.807, 2.05) is 18.2 Å². The third kappa shape index (κ3) is 3.77. The Kier molecular flexibility index (Phi) is 4.94. The van der Waals surface area contributed by atoms with Crippen LogP contribution >= 0.6 is 0 Å². The van der Waals surface area contributed by atoms with Crippen molar-refractivity contribution >= 4 is 12.0 Å². The summed E-state index contributed by atoms with van der Waals surface area (Å²) in [6, 6.07) is 10.9. The second-order valence-electron chi connectivity index (χ2n) is 6.53. The molecule has 0 bridgehead atoms. The molecule has 1 heterocycles. The minimum Gasteiger partial charge on any atom is -0.335 e. The summed E-state index contributed by atoms with van der Waals surface area (Å²) in [6.07, 6.45) is 10.0. The van der Waals surface area contributed by atoms with E-state index < -0.39 is 0 Å². The lowest BCUT2D eigenvalue weighted by Crippen LogP contribution is -2.50. The molecule has 0 spiro atoms. The predicted octanol–water partition coefficient (Wildman–Crippen LogP) is 3.18. The number of nitrogens with zero attached hydrogens (tertiary/aromatic N) is 2. The number of likely N-dealkylation sites (tertiary alicyclic amines) is 1. The van der Waals surface area contributed by atoms with Gasteiger partial charge in [-0.15, -0.1) is 0 Å². The van der Waals surface area contributed by atoms with E-state index in [-0.39, 0.29) is 6.04 Å². The van der Waals surface area contributed by atoms with E-state index in [0.29, 0.717) is 11.9 Å². The van der Waals surface area contributed by atoms with Crippen molar-refractivity contribution in [1.29, 1.82) is 0 Å². The second kappa shape index (κ2) is 7.10. The average molecular weight is 298 g/mol. The molecule has 0 radical (unpaired) electrons. The Morgan fingerprint density at radius 3 is 2.68 bits per heavy atom. The predicted molar refractivity (Wildman–Crippen MR) is 90.5 cm³/mol. The number of hydrogen-bond acceptors (Lipinski definition) is 2. The van der Waals surface area contributed by atoms with Crippen LogP contribution in [-0.2, 0) is 4.79 Å². The maximum Gasteiger partial charge on any atom is 0.240 e. The summed E-state index contributed by atoms with van der Waals surface area (Å²) in [5, 5.41) is 0. The van der Waals surface area contributed by atoms with E-state index in [0.717, 1.165) is 19.5 Å². The molecule has 1 amide bonds. The highest BCUT2D eigenvalue weighted by atomic mass is 16.2. The fraction of sp³-hybridized carbons (Fsp3) is 0.526. The molecule has 0 N–H and O–H groups in total. The minimum absolute atomic E-state index is 0.0967.